The van der Waals surface area contributed by atoms with E-state index in [2.05, 4.69) is 5.32 Å². The molecule has 0 aliphatic carbocycles. The molecule has 0 radical (unpaired) electrons. The lowest BCUT2D eigenvalue weighted by molar-refractivity contribution is -0.116. The van der Waals surface area contributed by atoms with Gasteiger partial charge in [-0.25, -0.2) is 12.8 Å². The maximum absolute atomic E-state index is 14.3. The van der Waals surface area contributed by atoms with Gasteiger partial charge in [0.15, 0.2) is 0 Å². The van der Waals surface area contributed by atoms with E-state index < -0.39 is 33.9 Å². The lowest BCUT2D eigenvalue weighted by Crippen LogP contribution is -2.48. The lowest BCUT2D eigenvalue weighted by Gasteiger charge is -2.35. The molecule has 2 N–H and O–H groups in total. The third-order valence-corrected chi connectivity index (χ3v) is 10.1. The Labute approximate surface area is 279 Å². The number of fused-ring (bicyclic) bond motifs is 1. The average molecular weight is 679 g/mol. The van der Waals surface area contributed by atoms with Crippen molar-refractivity contribution in [3.63, 3.8) is 0 Å². The zero-order valence-electron chi connectivity index (χ0n) is 28.4. The average Bonchev–Trinajstić information content (AvgIpc) is 3.02. The van der Waals surface area contributed by atoms with Gasteiger partial charge in [-0.05, 0) is 103 Å². The van der Waals surface area contributed by atoms with Crippen LogP contribution in [-0.2, 0) is 19.6 Å². The predicted octanol–water partition coefficient (Wildman–Crippen LogP) is 4.22. The molecule has 2 aromatic rings. The number of hydrogen-bond acceptors (Lipinski definition) is 8. The maximum atomic E-state index is 14.3. The number of rotatable bonds is 11. The summed E-state index contributed by atoms with van der Waals surface area (Å²) in [4.78, 5) is 30.5. The summed E-state index contributed by atoms with van der Waals surface area (Å²) in [5.74, 6) is -1.07. The Kier molecular flexibility index (Phi) is 14.6. The summed E-state index contributed by atoms with van der Waals surface area (Å²) in [7, 11) is 1.40. The largest absolute Gasteiger partial charge is 0.490 e. The summed E-state index contributed by atoms with van der Waals surface area (Å²) in [5.41, 5.74) is 0.712. The molecule has 3 rings (SSSR count). The van der Waals surface area contributed by atoms with Crippen LogP contribution in [0.25, 0.3) is 0 Å². The molecule has 0 bridgehead atoms. The van der Waals surface area contributed by atoms with E-state index in [9.17, 15) is 27.5 Å². The van der Waals surface area contributed by atoms with Crippen molar-refractivity contribution in [3.05, 3.63) is 53.8 Å². The number of amides is 2. The van der Waals surface area contributed by atoms with E-state index in [-0.39, 0.29) is 48.1 Å². The molecular formula is C34H51FN4O7S. The van der Waals surface area contributed by atoms with Crippen LogP contribution in [0.3, 0.4) is 0 Å². The van der Waals surface area contributed by atoms with Crippen LogP contribution in [0.4, 0.5) is 10.1 Å². The number of benzene rings is 2. The van der Waals surface area contributed by atoms with Crippen LogP contribution in [0.15, 0.2) is 47.4 Å². The van der Waals surface area contributed by atoms with Crippen LogP contribution in [-0.4, -0.2) is 112 Å². The molecule has 2 aromatic carbocycles. The summed E-state index contributed by atoms with van der Waals surface area (Å²) in [6.07, 6.45) is 2.39. The minimum absolute atomic E-state index is 0.00346. The molecule has 47 heavy (non-hydrogen) atoms. The van der Waals surface area contributed by atoms with Gasteiger partial charge in [-0.15, -0.1) is 0 Å². The molecule has 0 saturated heterocycles. The summed E-state index contributed by atoms with van der Waals surface area (Å²) in [6, 6.07) is 9.09. The minimum Gasteiger partial charge on any atom is -0.490 e. The molecule has 0 fully saturated rings. The first-order chi connectivity index (χ1) is 22.2. The molecule has 11 nitrogen and oxygen atoms in total. The van der Waals surface area contributed by atoms with Crippen molar-refractivity contribution in [2.45, 2.75) is 76.0 Å². The highest BCUT2D eigenvalue weighted by molar-refractivity contribution is 7.89. The summed E-state index contributed by atoms with van der Waals surface area (Å²) < 4.78 is 53.9. The highest BCUT2D eigenvalue weighted by Crippen LogP contribution is 2.29. The topological polar surface area (TPSA) is 129 Å². The number of anilines is 1. The van der Waals surface area contributed by atoms with Crippen molar-refractivity contribution in [1.29, 1.82) is 0 Å². The van der Waals surface area contributed by atoms with Gasteiger partial charge in [0.25, 0.3) is 5.91 Å². The van der Waals surface area contributed by atoms with Crippen LogP contribution in [0.2, 0.25) is 0 Å². The number of ether oxygens (including phenoxy) is 2. The van der Waals surface area contributed by atoms with Crippen LogP contribution in [0.5, 0.6) is 5.75 Å². The first kappa shape index (κ1) is 38.3. The van der Waals surface area contributed by atoms with Gasteiger partial charge in [0.05, 0.1) is 35.3 Å². The Morgan fingerprint density at radius 1 is 1.13 bits per heavy atom. The fourth-order valence-electron chi connectivity index (χ4n) is 5.38. The van der Waals surface area contributed by atoms with Gasteiger partial charge in [-0.2, -0.15) is 4.31 Å². The zero-order chi connectivity index (χ0) is 34.7. The van der Waals surface area contributed by atoms with Gasteiger partial charge < -0.3 is 29.7 Å². The van der Waals surface area contributed by atoms with E-state index in [1.165, 1.54) is 28.4 Å². The van der Waals surface area contributed by atoms with Gasteiger partial charge in [0.2, 0.25) is 15.9 Å². The molecule has 2 amide bonds. The molecule has 1 aliphatic heterocycles. The Balaban J connectivity index is 1.92. The van der Waals surface area contributed by atoms with Crippen LogP contribution < -0.4 is 10.1 Å². The molecule has 0 aromatic heterocycles. The molecule has 13 heteroatoms. The van der Waals surface area contributed by atoms with E-state index in [1.54, 1.807) is 25.1 Å². The van der Waals surface area contributed by atoms with Gasteiger partial charge in [-0.1, -0.05) is 6.92 Å². The summed E-state index contributed by atoms with van der Waals surface area (Å²) >= 11 is 0. The van der Waals surface area contributed by atoms with Crippen LogP contribution in [0.1, 0.15) is 63.2 Å². The Bertz CT molecular complexity index is 1420. The first-order valence-corrected chi connectivity index (χ1v) is 17.7. The van der Waals surface area contributed by atoms with E-state index >= 15 is 0 Å². The molecule has 0 saturated carbocycles. The molecule has 0 unspecified atom stereocenters. The van der Waals surface area contributed by atoms with Crippen molar-refractivity contribution in [2.75, 3.05) is 59.3 Å². The first-order valence-electron chi connectivity index (χ1n) is 16.2. The van der Waals surface area contributed by atoms with E-state index in [4.69, 9.17) is 9.47 Å². The number of sulfonamides is 1. The smallest absolute Gasteiger partial charge is 0.258 e. The van der Waals surface area contributed by atoms with Crippen molar-refractivity contribution in [2.24, 2.45) is 5.92 Å². The summed E-state index contributed by atoms with van der Waals surface area (Å²) in [6.45, 7) is 6.52. The number of nitrogens with zero attached hydrogens (tertiary/aromatic N) is 3. The Morgan fingerprint density at radius 3 is 2.49 bits per heavy atom. The van der Waals surface area contributed by atoms with Gasteiger partial charge in [0, 0.05) is 44.8 Å². The quantitative estimate of drug-likeness (QED) is 0.362. The van der Waals surface area contributed by atoms with Crippen molar-refractivity contribution in [3.8, 4) is 5.75 Å². The minimum atomic E-state index is -3.94. The second kappa shape index (κ2) is 17.9. The number of carbonyl (C=O) groups excluding carboxylic acids is 2. The fourth-order valence-corrected chi connectivity index (χ4v) is 6.56. The molecule has 262 valence electrons. The van der Waals surface area contributed by atoms with Gasteiger partial charge >= 0.3 is 0 Å². The van der Waals surface area contributed by atoms with E-state index in [0.29, 0.717) is 43.7 Å². The third kappa shape index (κ3) is 11.2. The number of hydrogen-bond donors (Lipinski definition) is 2. The third-order valence-electron chi connectivity index (χ3n) is 8.30. The molecular weight excluding hydrogens is 627 g/mol. The Morgan fingerprint density at radius 2 is 1.83 bits per heavy atom. The standard InChI is InChI=1S/C34H51FN4O7S/c1-24-21-39(25(2)23-40)34(42)30-20-28(36-33(41)11-9-18-37(4)5)14-17-31(30)46-26(3)10-7-8-19-45-32(24)22-38(6)47(43,44)29-15-12-27(35)13-16-29/h12-17,20,24-26,32,40H,7-11,18-19,21-23H2,1-6H3,(H,36,41)/t24-,25-,26+,32-/m0/s1. The highest BCUT2D eigenvalue weighted by atomic mass is 32.2. The molecule has 1 heterocycles. The SMILES string of the molecule is C[C@@H]1CCCCO[C@@H](CN(C)S(=O)(=O)c2ccc(F)cc2)[C@@H](C)CN([C@@H](C)CO)C(=O)c2cc(NC(=O)CCCN(C)C)ccc2O1. The van der Waals surface area contributed by atoms with Crippen LogP contribution >= 0.6 is 0 Å². The monoisotopic (exact) mass is 678 g/mol. The number of halogens is 1. The zero-order valence-corrected chi connectivity index (χ0v) is 29.3. The van der Waals surface area contributed by atoms with Crippen molar-refractivity contribution < 1.29 is 37.0 Å². The normalized spacial score (nSPS) is 20.8. The van der Waals surface area contributed by atoms with E-state index in [0.717, 1.165) is 25.1 Å². The molecule has 0 spiro atoms. The number of aliphatic hydroxyl groups is 1. The number of likely N-dealkylation sites (N-methyl/N-ethyl adjacent to an activating group) is 1. The number of aliphatic hydroxyl groups excluding tert-OH is 1. The second-order valence-corrected chi connectivity index (χ2v) is 14.8. The summed E-state index contributed by atoms with van der Waals surface area (Å²) in [5, 5.41) is 13.1. The second-order valence-electron chi connectivity index (χ2n) is 12.7. The van der Waals surface area contributed by atoms with Gasteiger partial charge in [0.1, 0.15) is 11.6 Å². The maximum Gasteiger partial charge on any atom is 0.258 e. The van der Waals surface area contributed by atoms with Crippen LogP contribution in [0, 0.1) is 11.7 Å². The van der Waals surface area contributed by atoms with Gasteiger partial charge in [-0.3, -0.25) is 9.59 Å². The number of nitrogens with one attached hydrogen (secondary N) is 1. The fraction of sp³-hybridized carbons (Fsp3) is 0.588. The lowest BCUT2D eigenvalue weighted by atomic mass is 10.0. The molecule has 4 atom stereocenters. The predicted molar refractivity (Wildman–Crippen MR) is 180 cm³/mol. The van der Waals surface area contributed by atoms with E-state index in [1.807, 2.05) is 32.8 Å². The van der Waals surface area contributed by atoms with Crippen molar-refractivity contribution >= 4 is 27.5 Å². The Hall–Kier alpha value is -3.10. The number of carbonyl (C=O) groups is 2. The van der Waals surface area contributed by atoms with Crippen molar-refractivity contribution in [1.82, 2.24) is 14.1 Å². The molecule has 1 aliphatic rings. The highest BCUT2D eigenvalue weighted by Gasteiger charge is 2.32.